The molecule has 2 nitrogen and oxygen atoms in total. The molecule has 0 unspecified atom stereocenters. The SMILES string of the molecule is [c]1cn[nH]c1. The maximum absolute atomic E-state index is 3.54. The van der Waals surface area contributed by atoms with Crippen molar-refractivity contribution in [3.8, 4) is 0 Å². The molecule has 0 aliphatic rings. The van der Waals surface area contributed by atoms with Gasteiger partial charge < -0.3 is 0 Å². The molecule has 0 aliphatic heterocycles. The summed E-state index contributed by atoms with van der Waals surface area (Å²) < 4.78 is 0. The lowest BCUT2D eigenvalue weighted by Gasteiger charge is -1.49. The molecular weight excluding hydrogens is 64.0 g/mol. The van der Waals surface area contributed by atoms with E-state index in [1.165, 1.54) is 0 Å². The molecule has 5 heavy (non-hydrogen) atoms. The van der Waals surface area contributed by atoms with Crippen molar-refractivity contribution in [1.29, 1.82) is 0 Å². The fraction of sp³-hybridized carbons (Fsp3) is 0. The third-order valence-electron chi connectivity index (χ3n) is 0.362. The Morgan fingerprint density at radius 3 is 3.00 bits per heavy atom. The number of H-pyrrole nitrogens is 1. The van der Waals surface area contributed by atoms with Crippen molar-refractivity contribution in [2.24, 2.45) is 0 Å². The summed E-state index contributed by atoms with van der Waals surface area (Å²) in [7, 11) is 0. The first-order valence-electron chi connectivity index (χ1n) is 1.35. The highest BCUT2D eigenvalue weighted by atomic mass is 15.1. The smallest absolute Gasteiger partial charge is 0.0566 e. The number of hydrogen-bond donors (Lipinski definition) is 1. The quantitative estimate of drug-likeness (QED) is 0.461. The normalized spacial score (nSPS) is 8.00. The first-order valence-corrected chi connectivity index (χ1v) is 1.35. The minimum atomic E-state index is 1.57. The fourth-order valence-electron chi connectivity index (χ4n) is 0.186. The van der Waals surface area contributed by atoms with E-state index < -0.39 is 0 Å². The highest BCUT2D eigenvalue weighted by Crippen LogP contribution is 1.62. The molecule has 2 heteroatoms. The van der Waals surface area contributed by atoms with Crippen LogP contribution in [0.2, 0.25) is 0 Å². The Kier molecular flexibility index (Phi) is 0.433. The molecular formula is C3H3N2. The maximum atomic E-state index is 3.54. The van der Waals surface area contributed by atoms with Gasteiger partial charge in [-0.05, 0) is 0 Å². The van der Waals surface area contributed by atoms with Crippen LogP contribution in [0.25, 0.3) is 0 Å². The van der Waals surface area contributed by atoms with Gasteiger partial charge in [0.15, 0.2) is 0 Å². The summed E-state index contributed by atoms with van der Waals surface area (Å²) in [5, 5.41) is 6.10. The first-order chi connectivity index (χ1) is 2.50. The van der Waals surface area contributed by atoms with E-state index in [9.17, 15) is 0 Å². The Morgan fingerprint density at radius 1 is 1.80 bits per heavy atom. The maximum Gasteiger partial charge on any atom is 0.0566 e. The van der Waals surface area contributed by atoms with Crippen molar-refractivity contribution in [2.75, 3.05) is 0 Å². The molecule has 1 aromatic heterocycles. The van der Waals surface area contributed by atoms with E-state index in [2.05, 4.69) is 16.3 Å². The second-order valence-electron chi connectivity index (χ2n) is 0.698. The largest absolute Gasteiger partial charge is 0.285 e. The van der Waals surface area contributed by atoms with Gasteiger partial charge in [-0.15, -0.1) is 0 Å². The lowest BCUT2D eigenvalue weighted by Crippen LogP contribution is -1.53. The van der Waals surface area contributed by atoms with E-state index in [0.29, 0.717) is 0 Å². The Hall–Kier alpha value is -0.790. The van der Waals surface area contributed by atoms with E-state index in [1.54, 1.807) is 12.4 Å². The van der Waals surface area contributed by atoms with Crippen LogP contribution >= 0.6 is 0 Å². The molecule has 0 fully saturated rings. The summed E-state index contributed by atoms with van der Waals surface area (Å²) in [4.78, 5) is 0. The predicted octanol–water partition coefficient (Wildman–Crippen LogP) is 0.210. The van der Waals surface area contributed by atoms with Gasteiger partial charge in [0.1, 0.15) is 0 Å². The summed E-state index contributed by atoms with van der Waals surface area (Å²) in [6, 6.07) is 2.69. The van der Waals surface area contributed by atoms with Crippen LogP contribution in [-0.4, -0.2) is 10.2 Å². The summed E-state index contributed by atoms with van der Waals surface area (Å²) in [5.74, 6) is 0. The molecule has 0 aromatic carbocycles. The molecule has 0 amide bonds. The molecule has 25 valence electrons. The van der Waals surface area contributed by atoms with E-state index in [-0.39, 0.29) is 0 Å². The molecule has 0 saturated heterocycles. The summed E-state index contributed by atoms with van der Waals surface area (Å²) in [6.45, 7) is 0. The first kappa shape index (κ1) is 2.45. The molecule has 1 radical (unpaired) electrons. The highest BCUT2D eigenvalue weighted by molar-refractivity contribution is 4.68. The molecule has 1 rings (SSSR count). The van der Waals surface area contributed by atoms with Crippen LogP contribution in [0.5, 0.6) is 0 Å². The zero-order valence-corrected chi connectivity index (χ0v) is 2.60. The van der Waals surface area contributed by atoms with Crippen molar-refractivity contribution in [3.05, 3.63) is 18.5 Å². The third kappa shape index (κ3) is 0.265. The number of aromatic amines is 1. The number of nitrogens with zero attached hydrogens (tertiary/aromatic N) is 1. The van der Waals surface area contributed by atoms with Crippen LogP contribution in [-0.2, 0) is 0 Å². The minimum absolute atomic E-state index is 1.57. The van der Waals surface area contributed by atoms with E-state index >= 15 is 0 Å². The summed E-state index contributed by atoms with van der Waals surface area (Å²) >= 11 is 0. The van der Waals surface area contributed by atoms with Crippen LogP contribution in [0.15, 0.2) is 12.4 Å². The Labute approximate surface area is 29.8 Å². The summed E-state index contributed by atoms with van der Waals surface area (Å²) in [6.07, 6.45) is 3.21. The van der Waals surface area contributed by atoms with Crippen molar-refractivity contribution in [2.45, 2.75) is 0 Å². The number of nitrogens with one attached hydrogen (secondary N) is 1. The third-order valence-corrected chi connectivity index (χ3v) is 0.362. The second kappa shape index (κ2) is 0.885. The number of rotatable bonds is 0. The van der Waals surface area contributed by atoms with Crippen LogP contribution in [0, 0.1) is 6.07 Å². The number of hydrogen-bond acceptors (Lipinski definition) is 1. The van der Waals surface area contributed by atoms with E-state index in [4.69, 9.17) is 0 Å². The Morgan fingerprint density at radius 2 is 2.80 bits per heavy atom. The van der Waals surface area contributed by atoms with Crippen molar-refractivity contribution >= 4 is 0 Å². The van der Waals surface area contributed by atoms with E-state index in [0.717, 1.165) is 0 Å². The Bertz CT molecular complexity index is 61.4. The van der Waals surface area contributed by atoms with Crippen molar-refractivity contribution in [1.82, 2.24) is 10.2 Å². The van der Waals surface area contributed by atoms with Gasteiger partial charge in [0.05, 0.1) is 6.20 Å². The van der Waals surface area contributed by atoms with Gasteiger partial charge in [0, 0.05) is 12.3 Å². The molecule has 0 saturated carbocycles. The molecule has 0 bridgehead atoms. The van der Waals surface area contributed by atoms with Gasteiger partial charge in [-0.1, -0.05) is 0 Å². The minimum Gasteiger partial charge on any atom is -0.285 e. The van der Waals surface area contributed by atoms with Gasteiger partial charge in [-0.2, -0.15) is 5.10 Å². The molecule has 1 N–H and O–H groups in total. The van der Waals surface area contributed by atoms with Gasteiger partial charge in [0.25, 0.3) is 0 Å². The highest BCUT2D eigenvalue weighted by Gasteiger charge is 1.58. The lowest BCUT2D eigenvalue weighted by atomic mass is 10.8. The average Bonchev–Trinajstić information content (AvgIpc) is 1.76. The average molecular weight is 67.1 g/mol. The zero-order chi connectivity index (χ0) is 3.54. The van der Waals surface area contributed by atoms with Crippen molar-refractivity contribution < 1.29 is 0 Å². The topological polar surface area (TPSA) is 28.7 Å². The molecule has 1 aromatic rings. The van der Waals surface area contributed by atoms with Crippen LogP contribution < -0.4 is 0 Å². The molecule has 0 spiro atoms. The van der Waals surface area contributed by atoms with Gasteiger partial charge in [0.2, 0.25) is 0 Å². The molecule has 1 heterocycles. The lowest BCUT2D eigenvalue weighted by molar-refractivity contribution is 1.09. The Balaban J connectivity index is 3.13. The van der Waals surface area contributed by atoms with Gasteiger partial charge in [-0.25, -0.2) is 0 Å². The molecule has 0 aliphatic carbocycles. The molecule has 0 atom stereocenters. The van der Waals surface area contributed by atoms with Gasteiger partial charge >= 0.3 is 0 Å². The van der Waals surface area contributed by atoms with Gasteiger partial charge in [-0.3, -0.25) is 5.10 Å². The fourth-order valence-corrected chi connectivity index (χ4v) is 0.186. The zero-order valence-electron chi connectivity index (χ0n) is 2.60. The monoisotopic (exact) mass is 67.0 g/mol. The van der Waals surface area contributed by atoms with Crippen molar-refractivity contribution in [3.63, 3.8) is 0 Å². The predicted molar refractivity (Wildman–Crippen MR) is 17.4 cm³/mol. The van der Waals surface area contributed by atoms with Crippen LogP contribution in [0.4, 0.5) is 0 Å². The standard InChI is InChI=1S/C3H3N2/c1-2-4-5-3-1/h2-3H,(H,4,5). The van der Waals surface area contributed by atoms with E-state index in [1.807, 2.05) is 0 Å². The second-order valence-corrected chi connectivity index (χ2v) is 0.698. The van der Waals surface area contributed by atoms with Crippen LogP contribution in [0.1, 0.15) is 0 Å². The summed E-state index contributed by atoms with van der Waals surface area (Å²) in [5.41, 5.74) is 0. The van der Waals surface area contributed by atoms with Crippen LogP contribution in [0.3, 0.4) is 0 Å². The number of aromatic nitrogens is 2.